The third-order valence-electron chi connectivity index (χ3n) is 4.52. The van der Waals surface area contributed by atoms with Gasteiger partial charge in [0.1, 0.15) is 11.8 Å². The molecule has 0 spiro atoms. The van der Waals surface area contributed by atoms with E-state index in [4.69, 9.17) is 9.47 Å². The highest BCUT2D eigenvalue weighted by molar-refractivity contribution is 7.10. The van der Waals surface area contributed by atoms with Crippen LogP contribution in [0.4, 0.5) is 0 Å². The van der Waals surface area contributed by atoms with E-state index in [1.807, 2.05) is 28.9 Å². The number of aromatic nitrogens is 4. The molecule has 0 radical (unpaired) electrons. The van der Waals surface area contributed by atoms with Crippen LogP contribution < -0.4 is 4.74 Å². The summed E-state index contributed by atoms with van der Waals surface area (Å²) in [6.07, 6.45) is 0. The lowest BCUT2D eigenvalue weighted by atomic mass is 10.1. The average molecular weight is 371 g/mol. The molecule has 1 saturated heterocycles. The highest BCUT2D eigenvalue weighted by Gasteiger charge is 2.29. The number of thiophene rings is 1. The first-order valence-corrected chi connectivity index (χ1v) is 9.47. The quantitative estimate of drug-likeness (QED) is 0.662. The second-order valence-electron chi connectivity index (χ2n) is 6.11. The molecule has 0 aliphatic carbocycles. The molecule has 1 aliphatic heterocycles. The lowest BCUT2D eigenvalue weighted by molar-refractivity contribution is 0.0223. The predicted molar refractivity (Wildman–Crippen MR) is 98.5 cm³/mol. The number of hydrogen-bond donors (Lipinski definition) is 0. The number of tetrazole rings is 1. The Labute approximate surface area is 156 Å². The number of morpholine rings is 1. The van der Waals surface area contributed by atoms with Gasteiger partial charge in [-0.15, -0.1) is 16.4 Å². The Kier molecular flexibility index (Phi) is 5.24. The van der Waals surface area contributed by atoms with E-state index in [0.717, 1.165) is 43.4 Å². The standard InChI is InChI=1S/C18H21N5O2S/c1-24-15-6-4-14(5-7-15)13-23-18(19-20-21-23)17(16-3-2-12-26-16)22-8-10-25-11-9-22/h2-7,12,17H,8-11,13H2,1H3/t17-/m1/s1. The summed E-state index contributed by atoms with van der Waals surface area (Å²) in [7, 11) is 1.67. The number of ether oxygens (including phenoxy) is 2. The fourth-order valence-corrected chi connectivity index (χ4v) is 4.03. The maximum Gasteiger partial charge on any atom is 0.174 e. The summed E-state index contributed by atoms with van der Waals surface area (Å²) in [4.78, 5) is 3.64. The molecule has 8 heteroatoms. The zero-order valence-corrected chi connectivity index (χ0v) is 15.4. The van der Waals surface area contributed by atoms with Crippen molar-refractivity contribution < 1.29 is 9.47 Å². The van der Waals surface area contributed by atoms with Crippen LogP contribution in [0.15, 0.2) is 41.8 Å². The Bertz CT molecular complexity index is 812. The van der Waals surface area contributed by atoms with Gasteiger partial charge in [0.05, 0.1) is 26.9 Å². The Morgan fingerprint density at radius 2 is 2.00 bits per heavy atom. The van der Waals surface area contributed by atoms with Gasteiger partial charge in [0.15, 0.2) is 5.82 Å². The van der Waals surface area contributed by atoms with Gasteiger partial charge in [0.2, 0.25) is 0 Å². The highest BCUT2D eigenvalue weighted by Crippen LogP contribution is 2.31. The summed E-state index contributed by atoms with van der Waals surface area (Å²) >= 11 is 1.73. The van der Waals surface area contributed by atoms with Crippen LogP contribution in [-0.4, -0.2) is 58.5 Å². The van der Waals surface area contributed by atoms with E-state index in [1.54, 1.807) is 18.4 Å². The molecule has 1 aromatic carbocycles. The Balaban J connectivity index is 1.63. The van der Waals surface area contributed by atoms with Crippen LogP contribution in [0.25, 0.3) is 0 Å². The molecule has 26 heavy (non-hydrogen) atoms. The van der Waals surface area contributed by atoms with Crippen molar-refractivity contribution in [3.8, 4) is 5.75 Å². The molecule has 0 amide bonds. The molecule has 0 unspecified atom stereocenters. The number of benzene rings is 1. The minimum Gasteiger partial charge on any atom is -0.497 e. The predicted octanol–water partition coefficient (Wildman–Crippen LogP) is 2.21. The summed E-state index contributed by atoms with van der Waals surface area (Å²) in [6, 6.07) is 12.3. The summed E-state index contributed by atoms with van der Waals surface area (Å²) in [5.41, 5.74) is 1.13. The molecule has 2 aromatic heterocycles. The van der Waals surface area contributed by atoms with Gasteiger partial charge in [-0.3, -0.25) is 4.90 Å². The zero-order chi connectivity index (χ0) is 17.8. The van der Waals surface area contributed by atoms with E-state index in [9.17, 15) is 0 Å². The summed E-state index contributed by atoms with van der Waals surface area (Å²) < 4.78 is 12.6. The molecule has 4 rings (SSSR count). The zero-order valence-electron chi connectivity index (χ0n) is 14.6. The topological polar surface area (TPSA) is 65.3 Å². The number of hydrogen-bond acceptors (Lipinski definition) is 7. The van der Waals surface area contributed by atoms with Gasteiger partial charge in [-0.25, -0.2) is 4.68 Å². The monoisotopic (exact) mass is 371 g/mol. The fourth-order valence-electron chi connectivity index (χ4n) is 3.18. The number of nitrogens with zero attached hydrogens (tertiary/aromatic N) is 5. The lowest BCUT2D eigenvalue weighted by Gasteiger charge is -2.33. The van der Waals surface area contributed by atoms with Gasteiger partial charge in [-0.1, -0.05) is 18.2 Å². The van der Waals surface area contributed by atoms with Crippen molar-refractivity contribution in [3.05, 3.63) is 58.0 Å². The lowest BCUT2D eigenvalue weighted by Crippen LogP contribution is -2.40. The SMILES string of the molecule is COc1ccc(Cn2nnnc2[C@@H](c2cccs2)N2CCOCC2)cc1. The van der Waals surface area contributed by atoms with Gasteiger partial charge in [0.25, 0.3) is 0 Å². The molecule has 3 heterocycles. The molecule has 0 N–H and O–H groups in total. The molecule has 3 aromatic rings. The molecule has 1 atom stereocenters. The van der Waals surface area contributed by atoms with Crippen LogP contribution in [0.3, 0.4) is 0 Å². The van der Waals surface area contributed by atoms with Gasteiger partial charge >= 0.3 is 0 Å². The third-order valence-corrected chi connectivity index (χ3v) is 5.44. The van der Waals surface area contributed by atoms with E-state index < -0.39 is 0 Å². The Morgan fingerprint density at radius 1 is 1.19 bits per heavy atom. The maximum atomic E-state index is 5.52. The van der Waals surface area contributed by atoms with Crippen molar-refractivity contribution in [3.63, 3.8) is 0 Å². The minimum absolute atomic E-state index is 0.0483. The summed E-state index contributed by atoms with van der Waals surface area (Å²) in [5.74, 6) is 1.71. The van der Waals surface area contributed by atoms with Crippen molar-refractivity contribution in [2.24, 2.45) is 0 Å². The molecule has 136 valence electrons. The Hall–Kier alpha value is -2.29. The largest absolute Gasteiger partial charge is 0.497 e. The van der Waals surface area contributed by atoms with Gasteiger partial charge in [0, 0.05) is 18.0 Å². The number of rotatable bonds is 6. The first-order valence-electron chi connectivity index (χ1n) is 8.59. The van der Waals surface area contributed by atoms with E-state index in [0.29, 0.717) is 6.54 Å². The first kappa shape index (κ1) is 17.1. The molecular formula is C18H21N5O2S. The van der Waals surface area contributed by atoms with Crippen molar-refractivity contribution in [1.29, 1.82) is 0 Å². The average Bonchev–Trinajstić information content (AvgIpc) is 3.37. The van der Waals surface area contributed by atoms with Crippen molar-refractivity contribution in [1.82, 2.24) is 25.1 Å². The molecule has 1 fully saturated rings. The van der Waals surface area contributed by atoms with E-state index >= 15 is 0 Å². The molecule has 0 bridgehead atoms. The fraction of sp³-hybridized carbons (Fsp3) is 0.389. The van der Waals surface area contributed by atoms with Crippen molar-refractivity contribution >= 4 is 11.3 Å². The summed E-state index contributed by atoms with van der Waals surface area (Å²) in [6.45, 7) is 3.85. The van der Waals surface area contributed by atoms with Gasteiger partial charge < -0.3 is 9.47 Å². The van der Waals surface area contributed by atoms with Gasteiger partial charge in [-0.05, 0) is 39.6 Å². The molecule has 1 aliphatic rings. The molecular weight excluding hydrogens is 350 g/mol. The van der Waals surface area contributed by atoms with Crippen LogP contribution in [0.2, 0.25) is 0 Å². The smallest absolute Gasteiger partial charge is 0.174 e. The van der Waals surface area contributed by atoms with E-state index in [1.165, 1.54) is 4.88 Å². The normalized spacial score (nSPS) is 16.5. The van der Waals surface area contributed by atoms with Crippen LogP contribution in [0.1, 0.15) is 22.3 Å². The van der Waals surface area contributed by atoms with Crippen molar-refractivity contribution in [2.45, 2.75) is 12.6 Å². The van der Waals surface area contributed by atoms with Crippen LogP contribution in [-0.2, 0) is 11.3 Å². The minimum atomic E-state index is 0.0483. The Morgan fingerprint density at radius 3 is 2.69 bits per heavy atom. The summed E-state index contributed by atoms with van der Waals surface area (Å²) in [5, 5.41) is 14.7. The first-order chi connectivity index (χ1) is 12.8. The number of methoxy groups -OCH3 is 1. The van der Waals surface area contributed by atoms with E-state index in [-0.39, 0.29) is 6.04 Å². The maximum absolute atomic E-state index is 5.52. The van der Waals surface area contributed by atoms with Crippen LogP contribution in [0.5, 0.6) is 5.75 Å². The second kappa shape index (κ2) is 7.94. The van der Waals surface area contributed by atoms with Crippen LogP contribution in [0, 0.1) is 0 Å². The van der Waals surface area contributed by atoms with Crippen LogP contribution >= 0.6 is 11.3 Å². The molecule has 0 saturated carbocycles. The second-order valence-corrected chi connectivity index (χ2v) is 7.09. The third kappa shape index (κ3) is 3.62. The van der Waals surface area contributed by atoms with Crippen molar-refractivity contribution in [2.75, 3.05) is 33.4 Å². The highest BCUT2D eigenvalue weighted by atomic mass is 32.1. The molecule has 7 nitrogen and oxygen atoms in total. The van der Waals surface area contributed by atoms with Gasteiger partial charge in [-0.2, -0.15) is 0 Å². The van der Waals surface area contributed by atoms with E-state index in [2.05, 4.69) is 37.9 Å².